The molecule has 4 rings (SSSR count). The summed E-state index contributed by atoms with van der Waals surface area (Å²) in [6.45, 7) is 1.92. The van der Waals surface area contributed by atoms with Gasteiger partial charge in [-0.2, -0.15) is 0 Å². The average molecular weight is 372 g/mol. The van der Waals surface area contributed by atoms with Crippen molar-refractivity contribution in [2.24, 2.45) is 10.7 Å². The highest BCUT2D eigenvalue weighted by molar-refractivity contribution is 6.09. The first-order valence-electron chi connectivity index (χ1n) is 9.50. The van der Waals surface area contributed by atoms with Gasteiger partial charge in [-0.15, -0.1) is 0 Å². The highest BCUT2D eigenvalue weighted by Gasteiger charge is 2.18. The molecule has 0 radical (unpaired) electrons. The van der Waals surface area contributed by atoms with Crippen LogP contribution in [0.5, 0.6) is 0 Å². The summed E-state index contributed by atoms with van der Waals surface area (Å²) in [5.74, 6) is 0. The second-order valence-electron chi connectivity index (χ2n) is 6.96. The maximum atomic E-state index is 5.90. The van der Waals surface area contributed by atoms with Gasteiger partial charge < -0.3 is 16.4 Å². The zero-order chi connectivity index (χ0) is 19.3. The van der Waals surface area contributed by atoms with Crippen molar-refractivity contribution in [2.45, 2.75) is 18.9 Å². The van der Waals surface area contributed by atoms with Gasteiger partial charge in [0.25, 0.3) is 0 Å². The van der Waals surface area contributed by atoms with Crippen molar-refractivity contribution in [3.63, 3.8) is 0 Å². The van der Waals surface area contributed by atoms with Gasteiger partial charge in [0, 0.05) is 42.5 Å². The van der Waals surface area contributed by atoms with Gasteiger partial charge in [-0.3, -0.25) is 9.98 Å². The largest absolute Gasteiger partial charge is 0.404 e. The van der Waals surface area contributed by atoms with E-state index < -0.39 is 0 Å². The third-order valence-corrected chi connectivity index (χ3v) is 5.05. The van der Waals surface area contributed by atoms with E-state index in [-0.39, 0.29) is 6.04 Å². The predicted molar refractivity (Wildman–Crippen MR) is 116 cm³/mol. The number of hydrogen-bond acceptors (Lipinski definition) is 6. The number of anilines is 2. The Morgan fingerprint density at radius 3 is 2.61 bits per heavy atom. The molecule has 4 N–H and O–H groups in total. The molecule has 1 aromatic heterocycles. The van der Waals surface area contributed by atoms with Crippen LogP contribution in [-0.4, -0.2) is 35.3 Å². The molecule has 0 spiro atoms. The third-order valence-electron chi connectivity index (χ3n) is 5.05. The first-order chi connectivity index (χ1) is 13.7. The molecule has 6 heteroatoms. The Kier molecular flexibility index (Phi) is 5.19. The quantitative estimate of drug-likeness (QED) is 0.542. The lowest BCUT2D eigenvalue weighted by molar-refractivity contribution is 0.505. The SMILES string of the molecule is NC=C(C=NC1CCN(c2cccc(N)c2)CC1)c1cnc2ccccc2n1. The minimum absolute atomic E-state index is 0.278. The second kappa shape index (κ2) is 8.08. The van der Waals surface area contributed by atoms with E-state index in [1.807, 2.05) is 48.7 Å². The van der Waals surface area contributed by atoms with E-state index in [1.54, 1.807) is 12.4 Å². The molecule has 0 unspecified atom stereocenters. The molecule has 3 aromatic rings. The van der Waals surface area contributed by atoms with Gasteiger partial charge in [-0.05, 0) is 43.2 Å². The van der Waals surface area contributed by atoms with Crippen molar-refractivity contribution in [2.75, 3.05) is 23.7 Å². The van der Waals surface area contributed by atoms with E-state index in [9.17, 15) is 0 Å². The van der Waals surface area contributed by atoms with E-state index in [4.69, 9.17) is 16.5 Å². The van der Waals surface area contributed by atoms with Crippen LogP contribution in [0.15, 0.2) is 65.9 Å². The molecule has 28 heavy (non-hydrogen) atoms. The molecule has 0 amide bonds. The molecule has 2 heterocycles. The van der Waals surface area contributed by atoms with Gasteiger partial charge in [0.15, 0.2) is 0 Å². The minimum Gasteiger partial charge on any atom is -0.404 e. The standard InChI is InChI=1S/C22H24N6/c23-13-16(22-15-26-20-6-1-2-7-21(20)27-22)14-25-18-8-10-28(11-9-18)19-5-3-4-17(24)12-19/h1-7,12-15,18H,8-11,23-24H2. The number of nitrogen functional groups attached to an aromatic ring is 1. The Morgan fingerprint density at radius 2 is 1.86 bits per heavy atom. The lowest BCUT2D eigenvalue weighted by Crippen LogP contribution is -2.35. The second-order valence-corrected chi connectivity index (χ2v) is 6.96. The van der Waals surface area contributed by atoms with Crippen LogP contribution in [0.4, 0.5) is 11.4 Å². The highest BCUT2D eigenvalue weighted by atomic mass is 15.1. The number of allylic oxidation sites excluding steroid dienone is 1. The van der Waals surface area contributed by atoms with Crippen LogP contribution in [0.2, 0.25) is 0 Å². The van der Waals surface area contributed by atoms with E-state index in [1.165, 1.54) is 5.69 Å². The molecular weight excluding hydrogens is 348 g/mol. The fourth-order valence-electron chi connectivity index (χ4n) is 3.47. The summed E-state index contributed by atoms with van der Waals surface area (Å²) in [5.41, 5.74) is 17.0. The molecule has 0 saturated carbocycles. The van der Waals surface area contributed by atoms with Crippen molar-refractivity contribution < 1.29 is 0 Å². The van der Waals surface area contributed by atoms with E-state index in [0.29, 0.717) is 0 Å². The molecule has 1 aliphatic rings. The molecule has 1 aliphatic heterocycles. The minimum atomic E-state index is 0.278. The monoisotopic (exact) mass is 372 g/mol. The highest BCUT2D eigenvalue weighted by Crippen LogP contribution is 2.23. The van der Waals surface area contributed by atoms with Crippen LogP contribution in [0.25, 0.3) is 16.6 Å². The van der Waals surface area contributed by atoms with E-state index >= 15 is 0 Å². The van der Waals surface area contributed by atoms with Gasteiger partial charge in [-0.1, -0.05) is 18.2 Å². The summed E-state index contributed by atoms with van der Waals surface area (Å²) in [5, 5.41) is 0. The Morgan fingerprint density at radius 1 is 1.07 bits per heavy atom. The maximum absolute atomic E-state index is 5.90. The molecule has 0 bridgehead atoms. The number of piperidine rings is 1. The molecule has 142 valence electrons. The molecule has 1 fully saturated rings. The first kappa shape index (κ1) is 18.0. The normalized spacial score (nSPS) is 16.1. The molecule has 0 aliphatic carbocycles. The topological polar surface area (TPSA) is 93.4 Å². The zero-order valence-corrected chi connectivity index (χ0v) is 15.7. The smallest absolute Gasteiger partial charge is 0.0922 e. The molecular formula is C22H24N6. The summed E-state index contributed by atoms with van der Waals surface area (Å²) in [6.07, 6.45) is 7.11. The molecule has 6 nitrogen and oxygen atoms in total. The third kappa shape index (κ3) is 3.96. The van der Waals surface area contributed by atoms with Gasteiger partial charge in [0.1, 0.15) is 0 Å². The number of nitrogens with two attached hydrogens (primary N) is 2. The Hall–Kier alpha value is -3.41. The number of benzene rings is 2. The molecule has 2 aromatic carbocycles. The number of para-hydroxylation sites is 2. The van der Waals surface area contributed by atoms with Crippen LogP contribution in [0.1, 0.15) is 18.5 Å². The van der Waals surface area contributed by atoms with Crippen molar-refractivity contribution in [1.82, 2.24) is 9.97 Å². The van der Waals surface area contributed by atoms with Crippen LogP contribution in [0, 0.1) is 0 Å². The predicted octanol–water partition coefficient (Wildman–Crippen LogP) is 3.25. The van der Waals surface area contributed by atoms with Crippen molar-refractivity contribution in [3.05, 3.63) is 66.6 Å². The Balaban J connectivity index is 1.42. The molecule has 1 saturated heterocycles. The van der Waals surface area contributed by atoms with Crippen LogP contribution in [0.3, 0.4) is 0 Å². The number of nitrogens with zero attached hydrogens (tertiary/aromatic N) is 4. The summed E-state index contributed by atoms with van der Waals surface area (Å²) < 4.78 is 0. The fourth-order valence-corrected chi connectivity index (χ4v) is 3.47. The van der Waals surface area contributed by atoms with Crippen LogP contribution in [-0.2, 0) is 0 Å². The first-order valence-corrected chi connectivity index (χ1v) is 9.50. The number of rotatable bonds is 4. The summed E-state index contributed by atoms with van der Waals surface area (Å²) >= 11 is 0. The van der Waals surface area contributed by atoms with Crippen molar-refractivity contribution in [3.8, 4) is 0 Å². The fraction of sp³-hybridized carbons (Fsp3) is 0.227. The van der Waals surface area contributed by atoms with E-state index in [0.717, 1.165) is 53.9 Å². The number of hydrogen-bond donors (Lipinski definition) is 2. The van der Waals surface area contributed by atoms with Crippen molar-refractivity contribution in [1.29, 1.82) is 0 Å². The van der Waals surface area contributed by atoms with Gasteiger partial charge >= 0.3 is 0 Å². The van der Waals surface area contributed by atoms with E-state index in [2.05, 4.69) is 20.9 Å². The number of aliphatic imine (C=N–C) groups is 1. The average Bonchev–Trinajstić information content (AvgIpc) is 2.74. The summed E-state index contributed by atoms with van der Waals surface area (Å²) in [6, 6.07) is 16.1. The van der Waals surface area contributed by atoms with Crippen molar-refractivity contribution >= 4 is 34.2 Å². The van der Waals surface area contributed by atoms with Gasteiger partial charge in [0.05, 0.1) is 29.0 Å². The summed E-state index contributed by atoms with van der Waals surface area (Å²) in [7, 11) is 0. The van der Waals surface area contributed by atoms with Gasteiger partial charge in [-0.25, -0.2) is 4.98 Å². The van der Waals surface area contributed by atoms with Crippen LogP contribution < -0.4 is 16.4 Å². The Labute approximate surface area is 164 Å². The molecule has 0 atom stereocenters. The Bertz CT molecular complexity index is 1020. The van der Waals surface area contributed by atoms with Gasteiger partial charge in [0.2, 0.25) is 0 Å². The number of fused-ring (bicyclic) bond motifs is 1. The maximum Gasteiger partial charge on any atom is 0.0922 e. The lowest BCUT2D eigenvalue weighted by atomic mass is 10.0. The number of aromatic nitrogens is 2. The summed E-state index contributed by atoms with van der Waals surface area (Å²) in [4.78, 5) is 16.2. The lowest BCUT2D eigenvalue weighted by Gasteiger charge is -2.32. The van der Waals surface area contributed by atoms with Crippen LogP contribution >= 0.6 is 0 Å². The zero-order valence-electron chi connectivity index (χ0n) is 15.7.